The van der Waals surface area contributed by atoms with Crippen molar-refractivity contribution in [3.8, 4) is 0 Å². The zero-order valence-corrected chi connectivity index (χ0v) is 25.0. The molecule has 0 aliphatic rings. The van der Waals surface area contributed by atoms with Gasteiger partial charge in [0.15, 0.2) is 0 Å². The zero-order chi connectivity index (χ0) is 30.2. The van der Waals surface area contributed by atoms with Crippen LogP contribution < -0.4 is 16.0 Å². The second-order valence-electron chi connectivity index (χ2n) is 9.37. The first-order chi connectivity index (χ1) is 20.9. The lowest BCUT2D eigenvalue weighted by Crippen LogP contribution is -2.30. The van der Waals surface area contributed by atoms with E-state index in [9.17, 15) is 14.4 Å². The van der Waals surface area contributed by atoms with Crippen LogP contribution in [0.25, 0.3) is 16.8 Å². The third-order valence-electron chi connectivity index (χ3n) is 6.34. The van der Waals surface area contributed by atoms with E-state index < -0.39 is 11.8 Å². The Morgan fingerprint density at radius 2 is 1.47 bits per heavy atom. The molecule has 0 aliphatic carbocycles. The van der Waals surface area contributed by atoms with Gasteiger partial charge in [-0.2, -0.15) is 0 Å². The lowest BCUT2D eigenvalue weighted by molar-refractivity contribution is -0.114. The number of nitrogens with one attached hydrogen (secondary N) is 3. The van der Waals surface area contributed by atoms with E-state index >= 15 is 0 Å². The minimum Gasteiger partial charge on any atom is -0.324 e. The van der Waals surface area contributed by atoms with Crippen LogP contribution in [0.2, 0.25) is 10.0 Å². The number of halogens is 2. The summed E-state index contributed by atoms with van der Waals surface area (Å²) < 4.78 is 0. The summed E-state index contributed by atoms with van der Waals surface area (Å²) in [6, 6.07) is 34.4. The summed E-state index contributed by atoms with van der Waals surface area (Å²) in [5, 5.41) is 11.0. The lowest BCUT2D eigenvalue weighted by Gasteiger charge is -2.13. The fraction of sp³-hybridized carbons (Fsp3) is 0.0294. The first-order valence-corrected chi connectivity index (χ1v) is 15.0. The molecule has 6 nitrogen and oxygen atoms in total. The van der Waals surface area contributed by atoms with E-state index in [1.165, 1.54) is 11.8 Å². The Kier molecular flexibility index (Phi) is 9.79. The predicted octanol–water partition coefficient (Wildman–Crippen LogP) is 8.29. The number of anilines is 2. The van der Waals surface area contributed by atoms with Crippen molar-refractivity contribution in [1.29, 1.82) is 0 Å². The van der Waals surface area contributed by atoms with E-state index in [2.05, 4.69) is 16.0 Å². The number of rotatable bonds is 9. The molecule has 9 heteroatoms. The van der Waals surface area contributed by atoms with Crippen molar-refractivity contribution >= 4 is 80.9 Å². The molecule has 5 rings (SSSR count). The van der Waals surface area contributed by atoms with Gasteiger partial charge < -0.3 is 16.0 Å². The van der Waals surface area contributed by atoms with E-state index in [4.69, 9.17) is 23.2 Å². The maximum Gasteiger partial charge on any atom is 0.272 e. The normalized spacial score (nSPS) is 11.2. The number of hydrogen-bond acceptors (Lipinski definition) is 4. The van der Waals surface area contributed by atoms with E-state index in [0.717, 1.165) is 21.2 Å². The Hall–Kier alpha value is -4.56. The van der Waals surface area contributed by atoms with Crippen molar-refractivity contribution in [3.63, 3.8) is 0 Å². The molecule has 5 aromatic rings. The highest BCUT2D eigenvalue weighted by Gasteiger charge is 2.16. The smallest absolute Gasteiger partial charge is 0.272 e. The summed E-state index contributed by atoms with van der Waals surface area (Å²) in [5.74, 6) is -1.04. The summed E-state index contributed by atoms with van der Waals surface area (Å²) >= 11 is 13.5. The van der Waals surface area contributed by atoms with Crippen LogP contribution >= 0.6 is 35.0 Å². The van der Waals surface area contributed by atoms with Crippen LogP contribution in [0.5, 0.6) is 0 Å². The Labute approximate surface area is 263 Å². The van der Waals surface area contributed by atoms with E-state index in [1.54, 1.807) is 66.7 Å². The van der Waals surface area contributed by atoms with Gasteiger partial charge in [0.25, 0.3) is 11.8 Å². The summed E-state index contributed by atoms with van der Waals surface area (Å²) in [6.45, 7) is 0. The van der Waals surface area contributed by atoms with Gasteiger partial charge in [0.05, 0.1) is 21.5 Å². The van der Waals surface area contributed by atoms with Crippen LogP contribution in [0.1, 0.15) is 15.9 Å². The SMILES string of the molecule is O=C(CSc1cccc(NC(=O)/C(=C\c2cccc3ccccc23)NC(=O)c2ccccc2)c1)Nc1cccc(Cl)c1Cl. The molecule has 3 amide bonds. The quantitative estimate of drug-likeness (QED) is 0.114. The number of benzene rings is 5. The number of amides is 3. The Bertz CT molecular complexity index is 1840. The van der Waals surface area contributed by atoms with Gasteiger partial charge in [-0.1, -0.05) is 96.0 Å². The molecule has 43 heavy (non-hydrogen) atoms. The van der Waals surface area contributed by atoms with Gasteiger partial charge in [0.2, 0.25) is 5.91 Å². The number of fused-ring (bicyclic) bond motifs is 1. The molecule has 214 valence electrons. The highest BCUT2D eigenvalue weighted by atomic mass is 35.5. The van der Waals surface area contributed by atoms with Gasteiger partial charge in [-0.3, -0.25) is 14.4 Å². The maximum absolute atomic E-state index is 13.6. The summed E-state index contributed by atoms with van der Waals surface area (Å²) in [7, 11) is 0. The van der Waals surface area contributed by atoms with Crippen LogP contribution in [-0.4, -0.2) is 23.5 Å². The highest BCUT2D eigenvalue weighted by molar-refractivity contribution is 8.00. The predicted molar refractivity (Wildman–Crippen MR) is 177 cm³/mol. The van der Waals surface area contributed by atoms with Gasteiger partial charge in [-0.25, -0.2) is 0 Å². The van der Waals surface area contributed by atoms with Crippen molar-refractivity contribution in [2.75, 3.05) is 16.4 Å². The van der Waals surface area contributed by atoms with Gasteiger partial charge >= 0.3 is 0 Å². The van der Waals surface area contributed by atoms with E-state index in [-0.39, 0.29) is 22.4 Å². The molecule has 5 aromatic carbocycles. The van der Waals surface area contributed by atoms with Crippen LogP contribution in [0.3, 0.4) is 0 Å². The standard InChI is InChI=1S/C34H25Cl2N3O3S/c35-28-17-8-18-29(32(28)36)38-31(40)21-43-26-15-7-14-25(20-26)37-34(42)30(39-33(41)23-10-2-1-3-11-23)19-24-13-6-12-22-9-4-5-16-27(22)24/h1-20H,21H2,(H,37,42)(H,38,40)(H,39,41)/b30-19+. The molecule has 0 fully saturated rings. The lowest BCUT2D eigenvalue weighted by atomic mass is 10.0. The minimum atomic E-state index is -0.493. The zero-order valence-electron chi connectivity index (χ0n) is 22.6. The number of thioether (sulfide) groups is 1. The molecule has 0 aliphatic heterocycles. The molecule has 0 bridgehead atoms. The average molecular weight is 627 g/mol. The van der Waals surface area contributed by atoms with Crippen molar-refractivity contribution in [3.05, 3.63) is 142 Å². The van der Waals surface area contributed by atoms with Crippen molar-refractivity contribution < 1.29 is 14.4 Å². The largest absolute Gasteiger partial charge is 0.324 e. The molecule has 0 radical (unpaired) electrons. The molecule has 0 unspecified atom stereocenters. The molecule has 0 saturated carbocycles. The van der Waals surface area contributed by atoms with Crippen molar-refractivity contribution in [1.82, 2.24) is 5.32 Å². The van der Waals surface area contributed by atoms with Crippen LogP contribution in [0.15, 0.2) is 126 Å². The van der Waals surface area contributed by atoms with Gasteiger partial charge in [0.1, 0.15) is 5.70 Å². The number of carbonyl (C=O) groups excluding carboxylic acids is 3. The molecule has 0 heterocycles. The molecule has 0 atom stereocenters. The fourth-order valence-corrected chi connectivity index (χ4v) is 5.37. The summed E-state index contributed by atoms with van der Waals surface area (Å²) in [5.41, 5.74) is 2.23. The van der Waals surface area contributed by atoms with Crippen LogP contribution in [0, 0.1) is 0 Å². The Balaban J connectivity index is 1.33. The first kappa shape index (κ1) is 29.9. The molecule has 0 aromatic heterocycles. The second kappa shape index (κ2) is 14.1. The second-order valence-corrected chi connectivity index (χ2v) is 11.2. The van der Waals surface area contributed by atoms with Crippen LogP contribution in [-0.2, 0) is 9.59 Å². The van der Waals surface area contributed by atoms with E-state index in [0.29, 0.717) is 22.0 Å². The van der Waals surface area contributed by atoms with Gasteiger partial charge in [-0.15, -0.1) is 11.8 Å². The van der Waals surface area contributed by atoms with Crippen molar-refractivity contribution in [2.24, 2.45) is 0 Å². The average Bonchev–Trinajstić information content (AvgIpc) is 3.02. The third kappa shape index (κ3) is 7.84. The summed E-state index contributed by atoms with van der Waals surface area (Å²) in [6.07, 6.45) is 1.67. The third-order valence-corrected chi connectivity index (χ3v) is 8.15. The molecule has 0 spiro atoms. The maximum atomic E-state index is 13.6. The summed E-state index contributed by atoms with van der Waals surface area (Å²) in [4.78, 5) is 39.9. The molecule has 0 saturated heterocycles. The minimum absolute atomic E-state index is 0.0843. The monoisotopic (exact) mass is 625 g/mol. The van der Waals surface area contributed by atoms with E-state index in [1.807, 2.05) is 54.6 Å². The number of carbonyl (C=O) groups is 3. The van der Waals surface area contributed by atoms with Gasteiger partial charge in [0, 0.05) is 16.1 Å². The van der Waals surface area contributed by atoms with Crippen LogP contribution in [0.4, 0.5) is 11.4 Å². The Morgan fingerprint density at radius 1 is 0.744 bits per heavy atom. The van der Waals surface area contributed by atoms with Crippen molar-refractivity contribution in [2.45, 2.75) is 4.90 Å². The fourth-order valence-electron chi connectivity index (χ4n) is 4.27. The molecule has 3 N–H and O–H groups in total. The Morgan fingerprint density at radius 3 is 2.30 bits per heavy atom. The molecular weight excluding hydrogens is 601 g/mol. The highest BCUT2D eigenvalue weighted by Crippen LogP contribution is 2.30. The number of hydrogen-bond donors (Lipinski definition) is 3. The first-order valence-electron chi connectivity index (χ1n) is 13.2. The van der Waals surface area contributed by atoms with Gasteiger partial charge in [-0.05, 0) is 64.9 Å². The molecular formula is C34H25Cl2N3O3S. The topological polar surface area (TPSA) is 87.3 Å².